The van der Waals surface area contributed by atoms with Crippen LogP contribution in [-0.4, -0.2) is 24.5 Å². The first-order valence-electron chi connectivity index (χ1n) is 5.35. The Kier molecular flexibility index (Phi) is 3.47. The van der Waals surface area contributed by atoms with Crippen LogP contribution in [-0.2, 0) is 16.0 Å². The lowest BCUT2D eigenvalue weighted by molar-refractivity contribution is -0.123. The van der Waals surface area contributed by atoms with Crippen LogP contribution in [0.25, 0.3) is 0 Å². The second-order valence-corrected chi connectivity index (χ2v) is 4.70. The predicted octanol–water partition coefficient (Wildman–Crippen LogP) is 1.71. The Labute approximate surface area is 104 Å². The Morgan fingerprint density at radius 3 is 2.94 bits per heavy atom. The van der Waals surface area contributed by atoms with E-state index < -0.39 is 11.4 Å². The van der Waals surface area contributed by atoms with Crippen LogP contribution in [0.1, 0.15) is 12.0 Å². The van der Waals surface area contributed by atoms with E-state index in [9.17, 15) is 9.18 Å². The molecule has 1 aromatic carbocycles. The third kappa shape index (κ3) is 2.65. The van der Waals surface area contributed by atoms with Crippen molar-refractivity contribution in [2.75, 3.05) is 13.2 Å². The van der Waals surface area contributed by atoms with E-state index in [-0.39, 0.29) is 23.8 Å². The molecule has 1 fully saturated rings. The zero-order valence-corrected chi connectivity index (χ0v) is 9.97. The first-order valence-corrected chi connectivity index (χ1v) is 5.73. The summed E-state index contributed by atoms with van der Waals surface area (Å²) in [6.45, 7) is 0.740. The minimum absolute atomic E-state index is 0.110. The minimum Gasteiger partial charge on any atom is -0.379 e. The van der Waals surface area contributed by atoms with Crippen molar-refractivity contribution in [1.29, 1.82) is 0 Å². The van der Waals surface area contributed by atoms with E-state index in [0.717, 1.165) is 0 Å². The van der Waals surface area contributed by atoms with Gasteiger partial charge in [0.2, 0.25) is 0 Å². The Morgan fingerprint density at radius 1 is 1.59 bits per heavy atom. The van der Waals surface area contributed by atoms with Crippen molar-refractivity contribution in [3.63, 3.8) is 0 Å². The summed E-state index contributed by atoms with van der Waals surface area (Å²) in [7, 11) is 0. The van der Waals surface area contributed by atoms with Crippen LogP contribution in [0.4, 0.5) is 4.39 Å². The number of ether oxygens (including phenoxy) is 1. The highest BCUT2D eigenvalue weighted by Crippen LogP contribution is 2.23. The van der Waals surface area contributed by atoms with Gasteiger partial charge in [-0.3, -0.25) is 4.79 Å². The average molecular weight is 258 g/mol. The first-order chi connectivity index (χ1) is 8.01. The summed E-state index contributed by atoms with van der Waals surface area (Å²) in [5.41, 5.74) is 5.61. The molecule has 3 nitrogen and oxygen atoms in total. The van der Waals surface area contributed by atoms with E-state index in [1.54, 1.807) is 0 Å². The van der Waals surface area contributed by atoms with Gasteiger partial charge in [0.1, 0.15) is 11.4 Å². The summed E-state index contributed by atoms with van der Waals surface area (Å²) in [5.74, 6) is -0.540. The molecular formula is C12H13ClFNO2. The standard InChI is InChI=1S/C12H13ClFNO2/c13-10-6-9(14)2-1-8(10)5-11(16)12(15)3-4-17-7-12/h1-2,6H,3-5,7,15H2. The molecule has 1 aromatic rings. The highest BCUT2D eigenvalue weighted by Gasteiger charge is 2.37. The topological polar surface area (TPSA) is 52.3 Å². The summed E-state index contributed by atoms with van der Waals surface area (Å²) >= 11 is 5.86. The molecule has 2 N–H and O–H groups in total. The molecule has 1 aliphatic heterocycles. The van der Waals surface area contributed by atoms with Gasteiger partial charge < -0.3 is 10.5 Å². The molecule has 17 heavy (non-hydrogen) atoms. The van der Waals surface area contributed by atoms with Gasteiger partial charge >= 0.3 is 0 Å². The summed E-state index contributed by atoms with van der Waals surface area (Å²) in [5, 5.41) is 0.251. The number of halogens is 2. The van der Waals surface area contributed by atoms with Gasteiger partial charge in [0.15, 0.2) is 5.78 Å². The van der Waals surface area contributed by atoms with Crippen LogP contribution in [0.15, 0.2) is 18.2 Å². The fourth-order valence-electron chi connectivity index (χ4n) is 1.81. The largest absolute Gasteiger partial charge is 0.379 e. The zero-order valence-electron chi connectivity index (χ0n) is 9.21. The number of rotatable bonds is 3. The highest BCUT2D eigenvalue weighted by molar-refractivity contribution is 6.31. The molecule has 0 spiro atoms. The van der Waals surface area contributed by atoms with Crippen molar-refractivity contribution in [2.45, 2.75) is 18.4 Å². The van der Waals surface area contributed by atoms with E-state index >= 15 is 0 Å². The molecule has 2 rings (SSSR count). The molecule has 0 aromatic heterocycles. The number of hydrogen-bond donors (Lipinski definition) is 1. The molecule has 1 heterocycles. The number of carbonyl (C=O) groups is 1. The van der Waals surface area contributed by atoms with E-state index in [4.69, 9.17) is 22.1 Å². The Hall–Kier alpha value is -0.970. The Bertz CT molecular complexity index is 444. The summed E-state index contributed by atoms with van der Waals surface area (Å²) in [4.78, 5) is 12.0. The molecule has 1 atom stereocenters. The molecule has 1 unspecified atom stereocenters. The molecule has 0 saturated carbocycles. The van der Waals surface area contributed by atoms with Crippen molar-refractivity contribution >= 4 is 17.4 Å². The number of carbonyl (C=O) groups excluding carboxylic acids is 1. The molecular weight excluding hydrogens is 245 g/mol. The molecule has 0 aliphatic carbocycles. The van der Waals surface area contributed by atoms with Crippen molar-refractivity contribution < 1.29 is 13.9 Å². The molecule has 5 heteroatoms. The number of hydrogen-bond acceptors (Lipinski definition) is 3. The normalized spacial score (nSPS) is 23.9. The quantitative estimate of drug-likeness (QED) is 0.897. The monoisotopic (exact) mass is 257 g/mol. The van der Waals surface area contributed by atoms with Crippen molar-refractivity contribution in [2.24, 2.45) is 5.73 Å². The highest BCUT2D eigenvalue weighted by atomic mass is 35.5. The Morgan fingerprint density at radius 2 is 2.35 bits per heavy atom. The number of nitrogens with two attached hydrogens (primary N) is 1. The molecule has 92 valence electrons. The summed E-state index contributed by atoms with van der Waals surface area (Å²) in [6, 6.07) is 3.98. The molecule has 1 aliphatic rings. The van der Waals surface area contributed by atoms with Crippen LogP contribution in [0.3, 0.4) is 0 Å². The van der Waals surface area contributed by atoms with Crippen molar-refractivity contribution in [1.82, 2.24) is 0 Å². The first kappa shape index (κ1) is 12.5. The van der Waals surface area contributed by atoms with Gasteiger partial charge in [-0.25, -0.2) is 4.39 Å². The second-order valence-electron chi connectivity index (χ2n) is 4.29. The number of benzene rings is 1. The van der Waals surface area contributed by atoms with E-state index in [2.05, 4.69) is 0 Å². The van der Waals surface area contributed by atoms with Gasteiger partial charge in [-0.2, -0.15) is 0 Å². The van der Waals surface area contributed by atoms with Gasteiger partial charge in [-0.15, -0.1) is 0 Å². The maximum Gasteiger partial charge on any atom is 0.159 e. The lowest BCUT2D eigenvalue weighted by Crippen LogP contribution is -2.49. The molecule has 0 amide bonds. The van der Waals surface area contributed by atoms with Gasteiger partial charge in [-0.1, -0.05) is 17.7 Å². The van der Waals surface area contributed by atoms with E-state index in [1.165, 1.54) is 18.2 Å². The summed E-state index contributed by atoms with van der Waals surface area (Å²) in [6.07, 6.45) is 0.629. The van der Waals surface area contributed by atoms with Crippen LogP contribution in [0, 0.1) is 5.82 Å². The Balaban J connectivity index is 2.13. The fraction of sp³-hybridized carbons (Fsp3) is 0.417. The van der Waals surface area contributed by atoms with E-state index in [0.29, 0.717) is 18.6 Å². The van der Waals surface area contributed by atoms with Gasteiger partial charge in [0.05, 0.1) is 6.61 Å². The average Bonchev–Trinajstić information content (AvgIpc) is 2.71. The third-order valence-corrected chi connectivity index (χ3v) is 3.33. The zero-order chi connectivity index (χ0) is 12.5. The minimum atomic E-state index is -0.919. The van der Waals surface area contributed by atoms with Crippen LogP contribution < -0.4 is 5.73 Å². The lowest BCUT2D eigenvalue weighted by Gasteiger charge is -2.20. The van der Waals surface area contributed by atoms with E-state index in [1.807, 2.05) is 0 Å². The molecule has 1 saturated heterocycles. The van der Waals surface area contributed by atoms with Gasteiger partial charge in [0, 0.05) is 18.1 Å². The lowest BCUT2D eigenvalue weighted by atomic mass is 9.90. The maximum absolute atomic E-state index is 12.8. The van der Waals surface area contributed by atoms with Gasteiger partial charge in [0.25, 0.3) is 0 Å². The smallest absolute Gasteiger partial charge is 0.159 e. The van der Waals surface area contributed by atoms with Crippen molar-refractivity contribution in [3.8, 4) is 0 Å². The molecule has 0 bridgehead atoms. The summed E-state index contributed by atoms with van der Waals surface area (Å²) < 4.78 is 18.0. The van der Waals surface area contributed by atoms with Gasteiger partial charge in [-0.05, 0) is 24.1 Å². The third-order valence-electron chi connectivity index (χ3n) is 2.97. The number of ketones is 1. The van der Waals surface area contributed by atoms with Crippen LogP contribution >= 0.6 is 11.6 Å². The predicted molar refractivity (Wildman–Crippen MR) is 62.5 cm³/mol. The fourth-order valence-corrected chi connectivity index (χ4v) is 2.05. The SMILES string of the molecule is NC1(C(=O)Cc2ccc(F)cc2Cl)CCOC1. The molecule has 0 radical (unpaired) electrons. The van der Waals surface area contributed by atoms with Crippen LogP contribution in [0.2, 0.25) is 5.02 Å². The van der Waals surface area contributed by atoms with Crippen molar-refractivity contribution in [3.05, 3.63) is 34.6 Å². The van der Waals surface area contributed by atoms with Crippen LogP contribution in [0.5, 0.6) is 0 Å². The maximum atomic E-state index is 12.8. The second kappa shape index (κ2) is 4.72. The number of Topliss-reactive ketones (excluding diaryl/α,β-unsaturated/α-hetero) is 1.